The highest BCUT2D eigenvalue weighted by atomic mass is 15.2. The Kier molecular flexibility index (Phi) is 3.97. The Bertz CT molecular complexity index is 335. The van der Waals surface area contributed by atoms with Crippen molar-refractivity contribution in [1.29, 1.82) is 0 Å². The maximum absolute atomic E-state index is 3.30. The summed E-state index contributed by atoms with van der Waals surface area (Å²) in [4.78, 5) is 2.60. The second-order valence-electron chi connectivity index (χ2n) is 4.81. The first-order chi connectivity index (χ1) is 7.79. The molecule has 0 aliphatic carbocycles. The Morgan fingerprint density at radius 3 is 3.06 bits per heavy atom. The molecule has 0 bridgehead atoms. The Morgan fingerprint density at radius 1 is 1.44 bits per heavy atom. The van der Waals surface area contributed by atoms with Crippen LogP contribution in [-0.2, 0) is 6.54 Å². The van der Waals surface area contributed by atoms with Crippen molar-refractivity contribution in [2.45, 2.75) is 32.4 Å². The van der Waals surface area contributed by atoms with E-state index in [4.69, 9.17) is 0 Å². The lowest BCUT2D eigenvalue weighted by atomic mass is 10.1. The van der Waals surface area contributed by atoms with Crippen molar-refractivity contribution in [3.63, 3.8) is 0 Å². The predicted octanol–water partition coefficient (Wildman–Crippen LogP) is 2.18. The molecule has 0 amide bonds. The van der Waals surface area contributed by atoms with Crippen LogP contribution in [0.25, 0.3) is 0 Å². The third-order valence-corrected chi connectivity index (χ3v) is 3.41. The van der Waals surface area contributed by atoms with Crippen molar-refractivity contribution >= 4 is 0 Å². The van der Waals surface area contributed by atoms with Crippen LogP contribution in [0.3, 0.4) is 0 Å². The summed E-state index contributed by atoms with van der Waals surface area (Å²) in [5, 5.41) is 3.30. The van der Waals surface area contributed by atoms with Crippen molar-refractivity contribution in [3.05, 3.63) is 35.4 Å². The number of nitrogens with zero attached hydrogens (tertiary/aromatic N) is 1. The number of hydrogen-bond acceptors (Lipinski definition) is 2. The predicted molar refractivity (Wildman–Crippen MR) is 68.5 cm³/mol. The molecule has 1 N–H and O–H groups in total. The summed E-state index contributed by atoms with van der Waals surface area (Å²) in [6.45, 7) is 5.64. The smallest absolute Gasteiger partial charge is 0.0237 e. The van der Waals surface area contributed by atoms with Gasteiger partial charge in [0.1, 0.15) is 0 Å². The van der Waals surface area contributed by atoms with Crippen molar-refractivity contribution in [1.82, 2.24) is 10.2 Å². The van der Waals surface area contributed by atoms with Crippen molar-refractivity contribution in [3.8, 4) is 0 Å². The molecule has 1 aromatic rings. The van der Waals surface area contributed by atoms with E-state index in [9.17, 15) is 0 Å². The van der Waals surface area contributed by atoms with Gasteiger partial charge in [-0.1, -0.05) is 29.8 Å². The fourth-order valence-corrected chi connectivity index (χ4v) is 2.62. The number of nitrogens with one attached hydrogen (secondary N) is 1. The first-order valence-corrected chi connectivity index (χ1v) is 6.24. The molecule has 1 aromatic carbocycles. The van der Waals surface area contributed by atoms with Gasteiger partial charge in [0.2, 0.25) is 0 Å². The van der Waals surface area contributed by atoms with Gasteiger partial charge in [-0.3, -0.25) is 4.90 Å². The van der Waals surface area contributed by atoms with Gasteiger partial charge in [-0.25, -0.2) is 0 Å². The van der Waals surface area contributed by atoms with Gasteiger partial charge in [0.15, 0.2) is 0 Å². The van der Waals surface area contributed by atoms with E-state index in [0.717, 1.165) is 19.1 Å². The largest absolute Gasteiger partial charge is 0.318 e. The van der Waals surface area contributed by atoms with Gasteiger partial charge in [-0.05, 0) is 38.9 Å². The number of benzene rings is 1. The highest BCUT2D eigenvalue weighted by Crippen LogP contribution is 2.19. The maximum atomic E-state index is 3.30. The summed E-state index contributed by atoms with van der Waals surface area (Å²) in [6.07, 6.45) is 2.69. The normalized spacial score (nSPS) is 21.5. The zero-order chi connectivity index (χ0) is 11.4. The van der Waals surface area contributed by atoms with Crippen LogP contribution in [-0.4, -0.2) is 31.1 Å². The minimum atomic E-state index is 0.727. The number of aryl methyl sites for hydroxylation is 1. The SMILES string of the molecule is CNCC1CCCN1Cc1cccc(C)c1. The molecule has 2 heteroatoms. The Morgan fingerprint density at radius 2 is 2.31 bits per heavy atom. The number of hydrogen-bond donors (Lipinski definition) is 1. The summed E-state index contributed by atoms with van der Waals surface area (Å²) >= 11 is 0. The third kappa shape index (κ3) is 2.83. The van der Waals surface area contributed by atoms with E-state index < -0.39 is 0 Å². The van der Waals surface area contributed by atoms with Gasteiger partial charge in [-0.2, -0.15) is 0 Å². The van der Waals surface area contributed by atoms with Gasteiger partial charge >= 0.3 is 0 Å². The van der Waals surface area contributed by atoms with E-state index in [1.165, 1.54) is 30.5 Å². The molecule has 1 saturated heterocycles. The molecule has 1 unspecified atom stereocenters. The van der Waals surface area contributed by atoms with E-state index in [2.05, 4.69) is 41.4 Å². The van der Waals surface area contributed by atoms with Gasteiger partial charge in [0.05, 0.1) is 0 Å². The lowest BCUT2D eigenvalue weighted by Gasteiger charge is -2.24. The Hall–Kier alpha value is -0.860. The topological polar surface area (TPSA) is 15.3 Å². The molecule has 2 nitrogen and oxygen atoms in total. The van der Waals surface area contributed by atoms with Crippen molar-refractivity contribution < 1.29 is 0 Å². The van der Waals surface area contributed by atoms with Crippen LogP contribution >= 0.6 is 0 Å². The monoisotopic (exact) mass is 218 g/mol. The Labute approximate surface area is 98.7 Å². The van der Waals surface area contributed by atoms with Gasteiger partial charge in [0.25, 0.3) is 0 Å². The number of likely N-dealkylation sites (N-methyl/N-ethyl adjacent to an activating group) is 1. The van der Waals surface area contributed by atoms with Crippen LogP contribution in [0.15, 0.2) is 24.3 Å². The molecule has 1 fully saturated rings. The molecule has 0 radical (unpaired) electrons. The molecule has 88 valence electrons. The quantitative estimate of drug-likeness (QED) is 0.833. The van der Waals surface area contributed by atoms with Crippen molar-refractivity contribution in [2.75, 3.05) is 20.1 Å². The molecule has 0 spiro atoms. The van der Waals surface area contributed by atoms with Gasteiger partial charge in [0, 0.05) is 19.1 Å². The molecular formula is C14H22N2. The fourth-order valence-electron chi connectivity index (χ4n) is 2.62. The van der Waals surface area contributed by atoms with E-state index in [-0.39, 0.29) is 0 Å². The van der Waals surface area contributed by atoms with Crippen LogP contribution in [0, 0.1) is 6.92 Å². The van der Waals surface area contributed by atoms with Crippen LogP contribution < -0.4 is 5.32 Å². The summed E-state index contributed by atoms with van der Waals surface area (Å²) in [5.74, 6) is 0. The second kappa shape index (κ2) is 5.46. The maximum Gasteiger partial charge on any atom is 0.0237 e. The highest BCUT2D eigenvalue weighted by molar-refractivity contribution is 5.22. The molecule has 0 saturated carbocycles. The molecule has 0 aromatic heterocycles. The first kappa shape index (κ1) is 11.6. The molecule has 16 heavy (non-hydrogen) atoms. The lowest BCUT2D eigenvalue weighted by molar-refractivity contribution is 0.242. The molecule has 2 rings (SSSR count). The first-order valence-electron chi connectivity index (χ1n) is 6.24. The molecular weight excluding hydrogens is 196 g/mol. The number of rotatable bonds is 4. The lowest BCUT2D eigenvalue weighted by Crippen LogP contribution is -2.36. The van der Waals surface area contributed by atoms with Crippen LogP contribution in [0.5, 0.6) is 0 Å². The summed E-state index contributed by atoms with van der Waals surface area (Å²) < 4.78 is 0. The standard InChI is InChI=1S/C14H22N2/c1-12-5-3-6-13(9-12)11-16-8-4-7-14(16)10-15-2/h3,5-6,9,14-15H,4,7-8,10-11H2,1-2H3. The Balaban J connectivity index is 1.98. The van der Waals surface area contributed by atoms with E-state index >= 15 is 0 Å². The summed E-state index contributed by atoms with van der Waals surface area (Å²) in [5.41, 5.74) is 2.81. The van der Waals surface area contributed by atoms with E-state index in [1.807, 2.05) is 7.05 Å². The minimum Gasteiger partial charge on any atom is -0.318 e. The zero-order valence-electron chi connectivity index (χ0n) is 10.4. The second-order valence-corrected chi connectivity index (χ2v) is 4.81. The average Bonchev–Trinajstić information content (AvgIpc) is 2.66. The summed E-state index contributed by atoms with van der Waals surface area (Å²) in [6, 6.07) is 9.59. The van der Waals surface area contributed by atoms with Gasteiger partial charge < -0.3 is 5.32 Å². The minimum absolute atomic E-state index is 0.727. The van der Waals surface area contributed by atoms with E-state index in [0.29, 0.717) is 0 Å². The van der Waals surface area contributed by atoms with Crippen LogP contribution in [0.2, 0.25) is 0 Å². The average molecular weight is 218 g/mol. The molecule has 1 heterocycles. The van der Waals surface area contributed by atoms with E-state index in [1.54, 1.807) is 0 Å². The third-order valence-electron chi connectivity index (χ3n) is 3.41. The fraction of sp³-hybridized carbons (Fsp3) is 0.571. The number of likely N-dealkylation sites (tertiary alicyclic amines) is 1. The molecule has 1 aliphatic heterocycles. The molecule has 1 atom stereocenters. The van der Waals surface area contributed by atoms with Crippen LogP contribution in [0.4, 0.5) is 0 Å². The molecule has 1 aliphatic rings. The van der Waals surface area contributed by atoms with Crippen molar-refractivity contribution in [2.24, 2.45) is 0 Å². The highest BCUT2D eigenvalue weighted by Gasteiger charge is 2.23. The summed E-state index contributed by atoms with van der Waals surface area (Å²) in [7, 11) is 2.04. The van der Waals surface area contributed by atoms with Crippen LogP contribution in [0.1, 0.15) is 24.0 Å². The van der Waals surface area contributed by atoms with Gasteiger partial charge in [-0.15, -0.1) is 0 Å². The zero-order valence-corrected chi connectivity index (χ0v) is 10.4.